The fourth-order valence-electron chi connectivity index (χ4n) is 8.67. The van der Waals surface area contributed by atoms with Crippen molar-refractivity contribution in [2.24, 2.45) is 52.3 Å². The minimum atomic E-state index is -0.0158. The van der Waals surface area contributed by atoms with Crippen molar-refractivity contribution in [3.63, 3.8) is 0 Å². The lowest BCUT2D eigenvalue weighted by atomic mass is 9.44. The lowest BCUT2D eigenvalue weighted by Gasteiger charge is -2.61. The smallest absolute Gasteiger partial charge is 0.0543 e. The Balaban J connectivity index is 1.54. The highest BCUT2D eigenvalue weighted by atomic mass is 16.3. The van der Waals surface area contributed by atoms with Gasteiger partial charge >= 0.3 is 0 Å². The van der Waals surface area contributed by atoms with Gasteiger partial charge in [-0.2, -0.15) is 0 Å². The van der Waals surface area contributed by atoms with E-state index >= 15 is 0 Å². The van der Waals surface area contributed by atoms with Crippen LogP contribution in [0.2, 0.25) is 0 Å². The summed E-state index contributed by atoms with van der Waals surface area (Å²) >= 11 is 0. The second kappa shape index (κ2) is 7.19. The van der Waals surface area contributed by atoms with Crippen LogP contribution < -0.4 is 0 Å². The standard InChI is InChI=1S/C26H44O/c1-17(2)6-7-18(3)22-10-11-23-21-9-8-19-16-20(27)12-14-25(19,4)24(21)13-15-26(22,23)5/h6-7,17-24,27H,8-16H2,1-5H3. The summed E-state index contributed by atoms with van der Waals surface area (Å²) in [7, 11) is 0. The van der Waals surface area contributed by atoms with Crippen LogP contribution in [0.4, 0.5) is 0 Å². The summed E-state index contributed by atoms with van der Waals surface area (Å²) in [5.74, 6) is 5.93. The van der Waals surface area contributed by atoms with Crippen molar-refractivity contribution in [2.45, 2.75) is 98.5 Å². The van der Waals surface area contributed by atoms with Crippen LogP contribution in [0.3, 0.4) is 0 Å². The quantitative estimate of drug-likeness (QED) is 0.537. The third-order valence-electron chi connectivity index (χ3n) is 10.1. The predicted octanol–water partition coefficient (Wildman–Crippen LogP) is 6.85. The van der Waals surface area contributed by atoms with Gasteiger partial charge in [-0.1, -0.05) is 46.8 Å². The number of hydrogen-bond acceptors (Lipinski definition) is 1. The van der Waals surface area contributed by atoms with Crippen LogP contribution in [0.25, 0.3) is 0 Å². The van der Waals surface area contributed by atoms with E-state index in [1.54, 1.807) is 0 Å². The maximum Gasteiger partial charge on any atom is 0.0543 e. The van der Waals surface area contributed by atoms with Gasteiger partial charge in [-0.15, -0.1) is 0 Å². The molecule has 0 saturated heterocycles. The van der Waals surface area contributed by atoms with Crippen molar-refractivity contribution in [2.75, 3.05) is 0 Å². The van der Waals surface area contributed by atoms with Crippen LogP contribution in [0.5, 0.6) is 0 Å². The van der Waals surface area contributed by atoms with Gasteiger partial charge in [-0.05, 0) is 110 Å². The third-order valence-corrected chi connectivity index (χ3v) is 10.1. The molecule has 0 aromatic rings. The Bertz CT molecular complexity index is 565. The molecule has 27 heavy (non-hydrogen) atoms. The molecule has 1 N–H and O–H groups in total. The highest BCUT2D eigenvalue weighted by Crippen LogP contribution is 2.68. The van der Waals surface area contributed by atoms with E-state index in [0.717, 1.165) is 48.3 Å². The third kappa shape index (κ3) is 3.24. The van der Waals surface area contributed by atoms with Gasteiger partial charge in [0, 0.05) is 0 Å². The molecule has 4 fully saturated rings. The average Bonchev–Trinajstić information content (AvgIpc) is 2.97. The minimum Gasteiger partial charge on any atom is -0.393 e. The second-order valence-corrected chi connectivity index (χ2v) is 11.8. The first-order chi connectivity index (χ1) is 12.8. The monoisotopic (exact) mass is 372 g/mol. The number of aliphatic hydroxyl groups excluding tert-OH is 1. The minimum absolute atomic E-state index is 0.0158. The van der Waals surface area contributed by atoms with Crippen LogP contribution in [-0.4, -0.2) is 11.2 Å². The Hall–Kier alpha value is -0.300. The van der Waals surface area contributed by atoms with Crippen molar-refractivity contribution in [3.05, 3.63) is 12.2 Å². The number of hydrogen-bond donors (Lipinski definition) is 1. The van der Waals surface area contributed by atoms with E-state index in [1.165, 1.54) is 44.9 Å². The Morgan fingerprint density at radius 3 is 2.26 bits per heavy atom. The molecule has 4 aliphatic carbocycles. The molecule has 0 aromatic heterocycles. The first-order valence-corrected chi connectivity index (χ1v) is 12.1. The van der Waals surface area contributed by atoms with Gasteiger partial charge < -0.3 is 5.11 Å². The van der Waals surface area contributed by atoms with Gasteiger partial charge in [0.1, 0.15) is 0 Å². The topological polar surface area (TPSA) is 20.2 Å². The Labute approximate surface area is 168 Å². The van der Waals surface area contributed by atoms with Crippen molar-refractivity contribution >= 4 is 0 Å². The second-order valence-electron chi connectivity index (χ2n) is 11.8. The Morgan fingerprint density at radius 1 is 0.815 bits per heavy atom. The van der Waals surface area contributed by atoms with Gasteiger partial charge in [-0.3, -0.25) is 0 Å². The molecule has 0 aromatic carbocycles. The molecule has 4 saturated carbocycles. The van der Waals surface area contributed by atoms with E-state index < -0.39 is 0 Å². The normalized spacial score (nSPS) is 51.1. The summed E-state index contributed by atoms with van der Waals surface area (Å²) in [5, 5.41) is 10.2. The molecule has 0 bridgehead atoms. The lowest BCUT2D eigenvalue weighted by molar-refractivity contribution is -0.128. The summed E-state index contributed by atoms with van der Waals surface area (Å²) in [6.45, 7) is 12.4. The highest BCUT2D eigenvalue weighted by Gasteiger charge is 2.60. The highest BCUT2D eigenvalue weighted by molar-refractivity contribution is 5.11. The number of rotatable bonds is 3. The van der Waals surface area contributed by atoms with Crippen LogP contribution in [0.15, 0.2) is 12.2 Å². The molecule has 1 heteroatoms. The first kappa shape index (κ1) is 20.0. The molecule has 9 unspecified atom stereocenters. The molecule has 9 atom stereocenters. The van der Waals surface area contributed by atoms with Crippen molar-refractivity contribution in [3.8, 4) is 0 Å². The maximum absolute atomic E-state index is 10.2. The van der Waals surface area contributed by atoms with Gasteiger partial charge in [0.15, 0.2) is 0 Å². The summed E-state index contributed by atoms with van der Waals surface area (Å²) < 4.78 is 0. The van der Waals surface area contributed by atoms with Crippen LogP contribution in [-0.2, 0) is 0 Å². The fourth-order valence-corrected chi connectivity index (χ4v) is 8.67. The molecule has 0 amide bonds. The lowest BCUT2D eigenvalue weighted by Crippen LogP contribution is -2.54. The maximum atomic E-state index is 10.2. The molecule has 1 nitrogen and oxygen atoms in total. The summed E-state index contributed by atoms with van der Waals surface area (Å²) in [5.41, 5.74) is 1.09. The van der Waals surface area contributed by atoms with Crippen molar-refractivity contribution < 1.29 is 5.11 Å². The molecule has 0 radical (unpaired) electrons. The predicted molar refractivity (Wildman–Crippen MR) is 114 cm³/mol. The molecule has 0 aliphatic heterocycles. The van der Waals surface area contributed by atoms with E-state index in [4.69, 9.17) is 0 Å². The van der Waals surface area contributed by atoms with Crippen molar-refractivity contribution in [1.29, 1.82) is 0 Å². The fraction of sp³-hybridized carbons (Fsp3) is 0.923. The largest absolute Gasteiger partial charge is 0.393 e. The van der Waals surface area contributed by atoms with E-state index in [-0.39, 0.29) is 6.10 Å². The van der Waals surface area contributed by atoms with Gasteiger partial charge in [-0.25, -0.2) is 0 Å². The zero-order chi connectivity index (χ0) is 19.4. The van der Waals surface area contributed by atoms with E-state index in [0.29, 0.717) is 16.7 Å². The molecule has 0 spiro atoms. The van der Waals surface area contributed by atoms with E-state index in [2.05, 4.69) is 46.8 Å². The number of fused-ring (bicyclic) bond motifs is 5. The molecular formula is C26H44O. The van der Waals surface area contributed by atoms with Gasteiger partial charge in [0.2, 0.25) is 0 Å². The van der Waals surface area contributed by atoms with Crippen molar-refractivity contribution in [1.82, 2.24) is 0 Å². The SMILES string of the molecule is CC(C)C=CC(C)C1CCC2C3CCC4CC(O)CCC4(C)C3CCC12C. The van der Waals surface area contributed by atoms with Gasteiger partial charge in [0.25, 0.3) is 0 Å². The van der Waals surface area contributed by atoms with E-state index in [9.17, 15) is 5.11 Å². The summed E-state index contributed by atoms with van der Waals surface area (Å²) in [4.78, 5) is 0. The van der Waals surface area contributed by atoms with Crippen LogP contribution in [0.1, 0.15) is 92.4 Å². The zero-order valence-electron chi connectivity index (χ0n) is 18.6. The number of allylic oxidation sites excluding steroid dienone is 2. The van der Waals surface area contributed by atoms with E-state index in [1.807, 2.05) is 0 Å². The molecule has 154 valence electrons. The molecular weight excluding hydrogens is 328 g/mol. The van der Waals surface area contributed by atoms with Crippen LogP contribution >= 0.6 is 0 Å². The summed E-state index contributed by atoms with van der Waals surface area (Å²) in [6.07, 6.45) is 17.0. The molecule has 0 heterocycles. The molecule has 4 rings (SSSR count). The summed E-state index contributed by atoms with van der Waals surface area (Å²) in [6, 6.07) is 0. The zero-order valence-corrected chi connectivity index (χ0v) is 18.6. The van der Waals surface area contributed by atoms with Gasteiger partial charge in [0.05, 0.1) is 6.10 Å². The average molecular weight is 373 g/mol. The number of aliphatic hydroxyl groups is 1. The first-order valence-electron chi connectivity index (χ1n) is 12.1. The Kier molecular flexibility index (Phi) is 5.32. The Morgan fingerprint density at radius 2 is 1.52 bits per heavy atom. The molecule has 4 aliphatic rings. The van der Waals surface area contributed by atoms with Crippen LogP contribution in [0, 0.1) is 52.3 Å².